The molecule has 1 aromatic carbocycles. The predicted octanol–water partition coefficient (Wildman–Crippen LogP) is 1.04. The minimum absolute atomic E-state index is 0.342. The summed E-state index contributed by atoms with van der Waals surface area (Å²) in [6.07, 6.45) is 0. The summed E-state index contributed by atoms with van der Waals surface area (Å²) in [5, 5.41) is 0. The van der Waals surface area contributed by atoms with Gasteiger partial charge in [0, 0.05) is 7.11 Å². The van der Waals surface area contributed by atoms with Crippen LogP contribution in [-0.4, -0.2) is 40.1 Å². The van der Waals surface area contributed by atoms with E-state index < -0.39 is 0 Å². The van der Waals surface area contributed by atoms with Crippen LogP contribution in [0, 0.1) is 11.8 Å². The molecular formula is C14H19NO3. The van der Waals surface area contributed by atoms with E-state index in [1.54, 1.807) is 7.11 Å². The number of benzene rings is 1. The molecule has 98 valence electrons. The molecule has 0 saturated heterocycles. The van der Waals surface area contributed by atoms with E-state index >= 15 is 0 Å². The molecule has 1 aromatic rings. The highest BCUT2D eigenvalue weighted by Crippen LogP contribution is 2.16. The highest BCUT2D eigenvalue weighted by Gasteiger charge is 1.99. The number of hydrogen-bond donors (Lipinski definition) is 1. The molecule has 0 bridgehead atoms. The first-order valence-corrected chi connectivity index (χ1v) is 5.86. The third-order valence-electron chi connectivity index (χ3n) is 2.13. The van der Waals surface area contributed by atoms with Gasteiger partial charge < -0.3 is 19.9 Å². The summed E-state index contributed by atoms with van der Waals surface area (Å²) in [5.74, 6) is 6.54. The molecule has 0 aromatic heterocycles. The molecule has 18 heavy (non-hydrogen) atoms. The van der Waals surface area contributed by atoms with Crippen molar-refractivity contribution in [2.75, 3.05) is 40.1 Å². The number of para-hydroxylation sites is 1. The van der Waals surface area contributed by atoms with Gasteiger partial charge in [0.2, 0.25) is 0 Å². The summed E-state index contributed by atoms with van der Waals surface area (Å²) < 4.78 is 15.8. The van der Waals surface area contributed by atoms with Crippen molar-refractivity contribution in [2.24, 2.45) is 5.73 Å². The van der Waals surface area contributed by atoms with Crippen LogP contribution in [0.2, 0.25) is 0 Å². The van der Waals surface area contributed by atoms with Crippen molar-refractivity contribution in [2.45, 2.75) is 0 Å². The van der Waals surface area contributed by atoms with Gasteiger partial charge in [-0.1, -0.05) is 24.0 Å². The molecule has 0 radical (unpaired) electrons. The lowest BCUT2D eigenvalue weighted by Crippen LogP contribution is -2.10. The van der Waals surface area contributed by atoms with E-state index in [0.717, 1.165) is 11.3 Å². The van der Waals surface area contributed by atoms with E-state index in [1.807, 2.05) is 24.3 Å². The first-order valence-electron chi connectivity index (χ1n) is 5.86. The van der Waals surface area contributed by atoms with Gasteiger partial charge in [0.05, 0.1) is 31.9 Å². The molecule has 0 amide bonds. The molecule has 0 unspecified atom stereocenters. The Hall–Kier alpha value is -1.54. The Morgan fingerprint density at radius 2 is 1.89 bits per heavy atom. The zero-order chi connectivity index (χ0) is 13.1. The summed E-state index contributed by atoms with van der Waals surface area (Å²) in [7, 11) is 1.65. The predicted molar refractivity (Wildman–Crippen MR) is 70.6 cm³/mol. The quantitative estimate of drug-likeness (QED) is 0.579. The van der Waals surface area contributed by atoms with Gasteiger partial charge in [-0.05, 0) is 12.1 Å². The van der Waals surface area contributed by atoms with E-state index in [1.165, 1.54) is 0 Å². The van der Waals surface area contributed by atoms with Crippen molar-refractivity contribution in [3.05, 3.63) is 29.8 Å². The number of hydrogen-bond acceptors (Lipinski definition) is 4. The Morgan fingerprint density at radius 1 is 1.11 bits per heavy atom. The standard InChI is InChI=1S/C14H19NO3/c1-16-9-10-17-11-12-18-14-7-3-2-5-13(14)6-4-8-15/h2-3,5,7H,8-12,15H2,1H3. The monoisotopic (exact) mass is 249 g/mol. The summed E-state index contributed by atoms with van der Waals surface area (Å²) >= 11 is 0. The van der Waals surface area contributed by atoms with Gasteiger partial charge in [-0.2, -0.15) is 0 Å². The molecule has 0 fully saturated rings. The Balaban J connectivity index is 2.37. The summed E-state index contributed by atoms with van der Waals surface area (Å²) in [5.41, 5.74) is 6.20. The van der Waals surface area contributed by atoms with Gasteiger partial charge in [-0.15, -0.1) is 0 Å². The van der Waals surface area contributed by atoms with Crippen LogP contribution in [0.25, 0.3) is 0 Å². The maximum absolute atomic E-state index is 5.61. The average molecular weight is 249 g/mol. The van der Waals surface area contributed by atoms with Gasteiger partial charge in [0.1, 0.15) is 12.4 Å². The van der Waals surface area contributed by atoms with Gasteiger partial charge >= 0.3 is 0 Å². The Kier molecular flexibility index (Phi) is 7.65. The normalized spacial score (nSPS) is 9.67. The summed E-state index contributed by atoms with van der Waals surface area (Å²) in [4.78, 5) is 0. The van der Waals surface area contributed by atoms with Crippen molar-refractivity contribution < 1.29 is 14.2 Å². The van der Waals surface area contributed by atoms with Crippen LogP contribution in [0.1, 0.15) is 5.56 Å². The van der Waals surface area contributed by atoms with Crippen LogP contribution >= 0.6 is 0 Å². The van der Waals surface area contributed by atoms with E-state index in [4.69, 9.17) is 19.9 Å². The number of rotatable bonds is 7. The fourth-order valence-corrected chi connectivity index (χ4v) is 1.30. The summed E-state index contributed by atoms with van der Waals surface area (Å²) in [6, 6.07) is 7.62. The molecule has 0 spiro atoms. The van der Waals surface area contributed by atoms with Crippen LogP contribution in [0.3, 0.4) is 0 Å². The van der Waals surface area contributed by atoms with Gasteiger partial charge in [-0.3, -0.25) is 0 Å². The number of methoxy groups -OCH3 is 1. The third-order valence-corrected chi connectivity index (χ3v) is 2.13. The smallest absolute Gasteiger partial charge is 0.135 e. The van der Waals surface area contributed by atoms with Crippen molar-refractivity contribution in [3.8, 4) is 17.6 Å². The van der Waals surface area contributed by atoms with Crippen LogP contribution in [0.5, 0.6) is 5.75 Å². The SMILES string of the molecule is COCCOCCOc1ccccc1C#CCN. The second-order valence-corrected chi connectivity index (χ2v) is 3.46. The van der Waals surface area contributed by atoms with Crippen LogP contribution < -0.4 is 10.5 Å². The molecule has 4 heteroatoms. The van der Waals surface area contributed by atoms with Crippen molar-refractivity contribution in [1.29, 1.82) is 0 Å². The first-order chi connectivity index (χ1) is 8.88. The zero-order valence-corrected chi connectivity index (χ0v) is 10.6. The second kappa shape index (κ2) is 9.49. The lowest BCUT2D eigenvalue weighted by Gasteiger charge is -2.08. The zero-order valence-electron chi connectivity index (χ0n) is 10.6. The molecule has 1 rings (SSSR count). The second-order valence-electron chi connectivity index (χ2n) is 3.46. The molecule has 0 atom stereocenters. The maximum Gasteiger partial charge on any atom is 0.135 e. The van der Waals surface area contributed by atoms with Crippen molar-refractivity contribution in [1.82, 2.24) is 0 Å². The topological polar surface area (TPSA) is 53.7 Å². The highest BCUT2D eigenvalue weighted by molar-refractivity contribution is 5.45. The molecule has 0 aliphatic heterocycles. The molecule has 0 saturated carbocycles. The third kappa shape index (κ3) is 5.69. The maximum atomic E-state index is 5.61. The van der Waals surface area contributed by atoms with Crippen LogP contribution in [-0.2, 0) is 9.47 Å². The van der Waals surface area contributed by atoms with E-state index in [2.05, 4.69) is 11.8 Å². The van der Waals surface area contributed by atoms with E-state index in [0.29, 0.717) is 33.0 Å². The fraction of sp³-hybridized carbons (Fsp3) is 0.429. The van der Waals surface area contributed by atoms with E-state index in [-0.39, 0.29) is 0 Å². The Morgan fingerprint density at radius 3 is 2.67 bits per heavy atom. The Labute approximate surface area is 108 Å². The minimum atomic E-state index is 0.342. The number of ether oxygens (including phenoxy) is 3. The molecule has 0 aliphatic carbocycles. The average Bonchev–Trinajstić information content (AvgIpc) is 2.41. The highest BCUT2D eigenvalue weighted by atomic mass is 16.5. The molecular weight excluding hydrogens is 230 g/mol. The first kappa shape index (κ1) is 14.5. The van der Waals surface area contributed by atoms with Crippen molar-refractivity contribution >= 4 is 0 Å². The molecule has 4 nitrogen and oxygen atoms in total. The van der Waals surface area contributed by atoms with Gasteiger partial charge in [0.25, 0.3) is 0 Å². The Bertz CT molecular complexity index is 396. The largest absolute Gasteiger partial charge is 0.490 e. The van der Waals surface area contributed by atoms with E-state index in [9.17, 15) is 0 Å². The fourth-order valence-electron chi connectivity index (χ4n) is 1.30. The lowest BCUT2D eigenvalue weighted by molar-refractivity contribution is 0.0544. The van der Waals surface area contributed by atoms with Gasteiger partial charge in [-0.25, -0.2) is 0 Å². The van der Waals surface area contributed by atoms with Crippen LogP contribution in [0.4, 0.5) is 0 Å². The summed E-state index contributed by atoms with van der Waals surface area (Å²) in [6.45, 7) is 2.54. The van der Waals surface area contributed by atoms with Crippen LogP contribution in [0.15, 0.2) is 24.3 Å². The number of nitrogens with two attached hydrogens (primary N) is 1. The molecule has 0 aliphatic rings. The minimum Gasteiger partial charge on any atom is -0.490 e. The van der Waals surface area contributed by atoms with Crippen molar-refractivity contribution in [3.63, 3.8) is 0 Å². The molecule has 2 N–H and O–H groups in total. The molecule has 0 heterocycles. The van der Waals surface area contributed by atoms with Gasteiger partial charge in [0.15, 0.2) is 0 Å². The lowest BCUT2D eigenvalue weighted by atomic mass is 10.2.